The summed E-state index contributed by atoms with van der Waals surface area (Å²) in [5, 5.41) is 5.11. The first-order valence-corrected chi connectivity index (χ1v) is 10.8. The Hall–Kier alpha value is -3.89. The summed E-state index contributed by atoms with van der Waals surface area (Å²) in [6.45, 7) is 2.03. The van der Waals surface area contributed by atoms with E-state index in [1.165, 1.54) is 5.56 Å². The molecule has 0 aliphatic heterocycles. The van der Waals surface area contributed by atoms with Crippen LogP contribution in [0.1, 0.15) is 27.0 Å². The van der Waals surface area contributed by atoms with Gasteiger partial charge in [0.15, 0.2) is 0 Å². The summed E-state index contributed by atoms with van der Waals surface area (Å²) in [5.41, 5.74) is 8.24. The van der Waals surface area contributed by atoms with Gasteiger partial charge in [0.25, 0.3) is 5.91 Å². The lowest BCUT2D eigenvalue weighted by atomic mass is 10.1. The second kappa shape index (κ2) is 10.9. The Morgan fingerprint density at radius 3 is 1.69 bits per heavy atom. The number of carbonyl (C=O) groups excluding carboxylic acids is 1. The molecule has 0 radical (unpaired) electrons. The standard InChI is InChI=1S/C28H27N3O/c32-28(26-18-16-24(17-19-26)21-29-20-23-10-4-1-5-11-23)31(22-25-12-6-2-7-13-25)30-27-14-8-3-9-15-27/h1-19,29-30H,20-22H2. The third-order valence-corrected chi connectivity index (χ3v) is 5.17. The van der Waals surface area contributed by atoms with Crippen LogP contribution in [-0.4, -0.2) is 10.9 Å². The van der Waals surface area contributed by atoms with Crippen LogP contribution in [0.5, 0.6) is 0 Å². The van der Waals surface area contributed by atoms with Crippen molar-refractivity contribution >= 4 is 11.6 Å². The predicted molar refractivity (Wildman–Crippen MR) is 130 cm³/mol. The molecule has 2 N–H and O–H groups in total. The first-order valence-electron chi connectivity index (χ1n) is 10.8. The summed E-state index contributed by atoms with van der Waals surface area (Å²) in [6, 6.07) is 37.9. The van der Waals surface area contributed by atoms with Crippen LogP contribution >= 0.6 is 0 Å². The van der Waals surface area contributed by atoms with Gasteiger partial charge in [0.05, 0.1) is 12.2 Å². The van der Waals surface area contributed by atoms with Crippen LogP contribution < -0.4 is 10.7 Å². The van der Waals surface area contributed by atoms with Gasteiger partial charge in [-0.05, 0) is 41.0 Å². The van der Waals surface area contributed by atoms with Gasteiger partial charge in [-0.15, -0.1) is 0 Å². The van der Waals surface area contributed by atoms with Crippen LogP contribution in [0.4, 0.5) is 5.69 Å². The lowest BCUT2D eigenvalue weighted by Gasteiger charge is -2.25. The van der Waals surface area contributed by atoms with E-state index in [1.54, 1.807) is 5.01 Å². The fraction of sp³-hybridized carbons (Fsp3) is 0.107. The number of hydrogen-bond donors (Lipinski definition) is 2. The SMILES string of the molecule is O=C(c1ccc(CNCc2ccccc2)cc1)N(Cc1ccccc1)Nc1ccccc1. The van der Waals surface area contributed by atoms with Crippen molar-refractivity contribution < 1.29 is 4.79 Å². The number of rotatable bonds is 9. The van der Waals surface area contributed by atoms with Crippen molar-refractivity contribution in [1.82, 2.24) is 10.3 Å². The molecule has 0 spiro atoms. The third-order valence-electron chi connectivity index (χ3n) is 5.17. The lowest BCUT2D eigenvalue weighted by Crippen LogP contribution is -2.35. The Kier molecular flexibility index (Phi) is 7.29. The average molecular weight is 422 g/mol. The molecule has 0 atom stereocenters. The molecule has 32 heavy (non-hydrogen) atoms. The largest absolute Gasteiger partial charge is 0.309 e. The number of nitrogens with one attached hydrogen (secondary N) is 2. The molecular formula is C28H27N3O. The molecule has 0 heterocycles. The minimum absolute atomic E-state index is 0.0681. The van der Waals surface area contributed by atoms with Crippen LogP contribution in [0.15, 0.2) is 115 Å². The highest BCUT2D eigenvalue weighted by Crippen LogP contribution is 2.15. The van der Waals surface area contributed by atoms with Gasteiger partial charge in [0, 0.05) is 18.7 Å². The summed E-state index contributed by atoms with van der Waals surface area (Å²) < 4.78 is 0. The van der Waals surface area contributed by atoms with Gasteiger partial charge < -0.3 is 5.32 Å². The molecule has 0 bridgehead atoms. The van der Waals surface area contributed by atoms with Crippen LogP contribution in [0.3, 0.4) is 0 Å². The fourth-order valence-corrected chi connectivity index (χ4v) is 3.46. The zero-order valence-electron chi connectivity index (χ0n) is 17.9. The van der Waals surface area contributed by atoms with Crippen molar-refractivity contribution in [3.8, 4) is 0 Å². The van der Waals surface area contributed by atoms with E-state index in [0.29, 0.717) is 12.1 Å². The van der Waals surface area contributed by atoms with E-state index in [1.807, 2.05) is 103 Å². The molecule has 0 unspecified atom stereocenters. The average Bonchev–Trinajstić information content (AvgIpc) is 2.86. The monoisotopic (exact) mass is 421 g/mol. The predicted octanol–water partition coefficient (Wildman–Crippen LogP) is 5.65. The van der Waals surface area contributed by atoms with Crippen molar-refractivity contribution in [1.29, 1.82) is 0 Å². The second-order valence-electron chi connectivity index (χ2n) is 7.64. The van der Waals surface area contributed by atoms with E-state index >= 15 is 0 Å². The number of para-hydroxylation sites is 1. The third kappa shape index (κ3) is 6.06. The molecule has 0 saturated heterocycles. The summed E-state index contributed by atoms with van der Waals surface area (Å²) in [4.78, 5) is 13.3. The molecule has 160 valence electrons. The Bertz CT molecular complexity index is 1060. The fourth-order valence-electron chi connectivity index (χ4n) is 3.46. The van der Waals surface area contributed by atoms with Crippen LogP contribution in [0.2, 0.25) is 0 Å². The Labute approximate surface area is 189 Å². The summed E-state index contributed by atoms with van der Waals surface area (Å²) >= 11 is 0. The minimum Gasteiger partial charge on any atom is -0.309 e. The van der Waals surface area contributed by atoms with Crippen LogP contribution in [0, 0.1) is 0 Å². The molecule has 4 aromatic rings. The Morgan fingerprint density at radius 1 is 0.594 bits per heavy atom. The molecule has 4 nitrogen and oxygen atoms in total. The summed E-state index contributed by atoms with van der Waals surface area (Å²) in [6.07, 6.45) is 0. The highest BCUT2D eigenvalue weighted by Gasteiger charge is 2.16. The minimum atomic E-state index is -0.0681. The topological polar surface area (TPSA) is 44.4 Å². The number of benzene rings is 4. The molecule has 0 aromatic heterocycles. The van der Waals surface area contributed by atoms with Gasteiger partial charge in [0.2, 0.25) is 0 Å². The molecule has 0 aliphatic rings. The number of hydrazine groups is 1. The van der Waals surface area contributed by atoms with E-state index in [2.05, 4.69) is 22.9 Å². The van der Waals surface area contributed by atoms with Gasteiger partial charge in [0.1, 0.15) is 0 Å². The maximum atomic E-state index is 13.3. The maximum Gasteiger partial charge on any atom is 0.272 e. The summed E-state index contributed by atoms with van der Waals surface area (Å²) in [5.74, 6) is -0.0681. The molecule has 4 aromatic carbocycles. The maximum absolute atomic E-state index is 13.3. The Morgan fingerprint density at radius 2 is 1.09 bits per heavy atom. The number of nitrogens with zero attached hydrogens (tertiary/aromatic N) is 1. The molecule has 0 saturated carbocycles. The van der Waals surface area contributed by atoms with E-state index in [4.69, 9.17) is 0 Å². The van der Waals surface area contributed by atoms with Crippen LogP contribution in [-0.2, 0) is 19.6 Å². The first-order chi connectivity index (χ1) is 15.8. The van der Waals surface area contributed by atoms with E-state index in [-0.39, 0.29) is 5.91 Å². The van der Waals surface area contributed by atoms with Gasteiger partial charge >= 0.3 is 0 Å². The zero-order valence-corrected chi connectivity index (χ0v) is 17.9. The number of amides is 1. The zero-order chi connectivity index (χ0) is 22.0. The normalized spacial score (nSPS) is 10.5. The lowest BCUT2D eigenvalue weighted by molar-refractivity contribution is 0.0783. The Balaban J connectivity index is 1.42. The smallest absolute Gasteiger partial charge is 0.272 e. The van der Waals surface area contributed by atoms with Crippen LogP contribution in [0.25, 0.3) is 0 Å². The van der Waals surface area contributed by atoms with E-state index in [9.17, 15) is 4.79 Å². The first kappa shape index (κ1) is 21.3. The van der Waals surface area contributed by atoms with Gasteiger partial charge in [-0.1, -0.05) is 91.0 Å². The quantitative estimate of drug-likeness (QED) is 0.344. The van der Waals surface area contributed by atoms with Gasteiger partial charge in [-0.3, -0.25) is 10.2 Å². The number of anilines is 1. The van der Waals surface area contributed by atoms with Gasteiger partial charge in [-0.25, -0.2) is 5.01 Å². The van der Waals surface area contributed by atoms with Crippen molar-refractivity contribution in [2.45, 2.75) is 19.6 Å². The molecule has 0 aliphatic carbocycles. The van der Waals surface area contributed by atoms with Crippen molar-refractivity contribution in [2.24, 2.45) is 0 Å². The molecule has 4 heteroatoms. The van der Waals surface area contributed by atoms with Crippen molar-refractivity contribution in [3.05, 3.63) is 138 Å². The number of hydrogen-bond acceptors (Lipinski definition) is 3. The number of carbonyl (C=O) groups is 1. The molecule has 1 amide bonds. The van der Waals surface area contributed by atoms with Gasteiger partial charge in [-0.2, -0.15) is 0 Å². The highest BCUT2D eigenvalue weighted by molar-refractivity contribution is 5.95. The molecular weight excluding hydrogens is 394 g/mol. The van der Waals surface area contributed by atoms with Crippen molar-refractivity contribution in [3.63, 3.8) is 0 Å². The van der Waals surface area contributed by atoms with E-state index in [0.717, 1.165) is 29.9 Å². The van der Waals surface area contributed by atoms with E-state index < -0.39 is 0 Å². The van der Waals surface area contributed by atoms with Crippen molar-refractivity contribution in [2.75, 3.05) is 5.43 Å². The summed E-state index contributed by atoms with van der Waals surface area (Å²) in [7, 11) is 0. The molecule has 0 fully saturated rings. The molecule has 4 rings (SSSR count). The highest BCUT2D eigenvalue weighted by atomic mass is 16.2. The second-order valence-corrected chi connectivity index (χ2v) is 7.64.